The summed E-state index contributed by atoms with van der Waals surface area (Å²) in [6.07, 6.45) is 1.37. The maximum atomic E-state index is 11.4. The average molecular weight is 355 g/mol. The van der Waals surface area contributed by atoms with Crippen LogP contribution in [0.5, 0.6) is 5.88 Å². The molecule has 0 aliphatic carbocycles. The number of amides is 1. The zero-order chi connectivity index (χ0) is 17.6. The van der Waals surface area contributed by atoms with E-state index in [2.05, 4.69) is 4.98 Å². The number of benzene rings is 2. The summed E-state index contributed by atoms with van der Waals surface area (Å²) < 4.78 is 5.90. The monoisotopic (exact) mass is 354 g/mol. The molecule has 3 aromatic rings. The number of nitrogens with zero attached hydrogens (tertiary/aromatic N) is 2. The number of halogens is 1. The van der Waals surface area contributed by atoms with E-state index in [0.717, 1.165) is 17.3 Å². The number of carbonyl (C=O) groups is 1. The highest BCUT2D eigenvalue weighted by atomic mass is 35.5. The van der Waals surface area contributed by atoms with E-state index in [-0.39, 0.29) is 6.10 Å². The second kappa shape index (κ2) is 7.99. The molecule has 0 aliphatic heterocycles. The summed E-state index contributed by atoms with van der Waals surface area (Å²) in [6.45, 7) is 2.48. The van der Waals surface area contributed by atoms with Crippen LogP contribution in [-0.4, -0.2) is 24.0 Å². The summed E-state index contributed by atoms with van der Waals surface area (Å²) in [5, 5.41) is 1.63. The third kappa shape index (κ3) is 4.28. The number of anilines is 1. The van der Waals surface area contributed by atoms with E-state index < -0.39 is 0 Å². The van der Waals surface area contributed by atoms with Gasteiger partial charge in [0.15, 0.2) is 0 Å². The molecule has 0 bridgehead atoms. The van der Waals surface area contributed by atoms with Crippen molar-refractivity contribution in [3.63, 3.8) is 0 Å². The highest BCUT2D eigenvalue weighted by Crippen LogP contribution is 2.25. The van der Waals surface area contributed by atoms with Crippen molar-refractivity contribution in [3.8, 4) is 5.88 Å². The molecule has 0 saturated heterocycles. The standard InChI is InChI=1S/C20H19ClN2O2/c1-15(12-13-23(14-24)19-9-5-3-7-17(19)21)25-20-11-10-16-6-2-4-8-18(16)22-20/h2-11,14-15H,12-13H2,1H3. The minimum absolute atomic E-state index is 0.0846. The first-order valence-electron chi connectivity index (χ1n) is 8.16. The minimum atomic E-state index is -0.0846. The van der Waals surface area contributed by atoms with Gasteiger partial charge in [0.25, 0.3) is 0 Å². The SMILES string of the molecule is CC(CCN(C=O)c1ccccc1Cl)Oc1ccc2ccccc2n1. The number of fused-ring (bicyclic) bond motifs is 1. The first-order chi connectivity index (χ1) is 12.2. The van der Waals surface area contributed by atoms with E-state index in [1.807, 2.05) is 61.5 Å². The van der Waals surface area contributed by atoms with Gasteiger partial charge >= 0.3 is 0 Å². The summed E-state index contributed by atoms with van der Waals surface area (Å²) in [4.78, 5) is 17.5. The van der Waals surface area contributed by atoms with Crippen molar-refractivity contribution >= 4 is 34.6 Å². The van der Waals surface area contributed by atoms with Crippen LogP contribution >= 0.6 is 11.6 Å². The van der Waals surface area contributed by atoms with Crippen LogP contribution in [0.2, 0.25) is 5.02 Å². The number of hydrogen-bond donors (Lipinski definition) is 0. The van der Waals surface area contributed by atoms with Crippen LogP contribution in [0.4, 0.5) is 5.69 Å². The maximum Gasteiger partial charge on any atom is 0.214 e. The fourth-order valence-corrected chi connectivity index (χ4v) is 2.86. The lowest BCUT2D eigenvalue weighted by Gasteiger charge is -2.21. The van der Waals surface area contributed by atoms with E-state index in [1.165, 1.54) is 0 Å². The van der Waals surface area contributed by atoms with Crippen molar-refractivity contribution < 1.29 is 9.53 Å². The molecule has 0 N–H and O–H groups in total. The van der Waals surface area contributed by atoms with Gasteiger partial charge in [-0.2, -0.15) is 0 Å². The second-order valence-corrected chi connectivity index (χ2v) is 6.22. The first kappa shape index (κ1) is 17.2. The van der Waals surface area contributed by atoms with Gasteiger partial charge in [-0.1, -0.05) is 41.9 Å². The molecule has 0 aliphatic rings. The Labute approximate surface area is 152 Å². The number of hydrogen-bond acceptors (Lipinski definition) is 3. The molecule has 2 aromatic carbocycles. The molecular formula is C20H19ClN2O2. The molecule has 0 radical (unpaired) electrons. The van der Waals surface area contributed by atoms with E-state index in [0.29, 0.717) is 29.6 Å². The van der Waals surface area contributed by atoms with Crippen LogP contribution in [0.3, 0.4) is 0 Å². The number of ether oxygens (including phenoxy) is 1. The predicted molar refractivity (Wildman–Crippen MR) is 101 cm³/mol. The molecule has 25 heavy (non-hydrogen) atoms. The molecule has 3 rings (SSSR count). The molecule has 128 valence electrons. The molecule has 1 unspecified atom stereocenters. The van der Waals surface area contributed by atoms with Gasteiger partial charge in [-0.25, -0.2) is 4.98 Å². The lowest BCUT2D eigenvalue weighted by Crippen LogP contribution is -2.27. The van der Waals surface area contributed by atoms with Gasteiger partial charge in [-0.3, -0.25) is 4.79 Å². The second-order valence-electron chi connectivity index (χ2n) is 5.81. The third-order valence-electron chi connectivity index (χ3n) is 3.96. The highest BCUT2D eigenvalue weighted by Gasteiger charge is 2.12. The number of carbonyl (C=O) groups excluding carboxylic acids is 1. The van der Waals surface area contributed by atoms with Crippen LogP contribution in [0.15, 0.2) is 60.7 Å². The zero-order valence-electron chi connectivity index (χ0n) is 13.9. The summed E-state index contributed by atoms with van der Waals surface area (Å²) >= 11 is 6.16. The number of para-hydroxylation sites is 2. The quantitative estimate of drug-likeness (QED) is 0.577. The molecule has 0 saturated carbocycles. The van der Waals surface area contributed by atoms with Gasteiger partial charge < -0.3 is 9.64 Å². The molecule has 1 atom stereocenters. The van der Waals surface area contributed by atoms with Crippen LogP contribution < -0.4 is 9.64 Å². The normalized spacial score (nSPS) is 11.9. The first-order valence-corrected chi connectivity index (χ1v) is 8.54. The third-order valence-corrected chi connectivity index (χ3v) is 4.28. The van der Waals surface area contributed by atoms with Crippen LogP contribution in [0.25, 0.3) is 10.9 Å². The van der Waals surface area contributed by atoms with Crippen LogP contribution in [-0.2, 0) is 4.79 Å². The molecule has 1 heterocycles. The predicted octanol–water partition coefficient (Wildman–Crippen LogP) is 4.71. The molecule has 1 amide bonds. The summed E-state index contributed by atoms with van der Waals surface area (Å²) in [5.74, 6) is 0.585. The Balaban J connectivity index is 1.62. The Morgan fingerprint density at radius 3 is 2.68 bits per heavy atom. The van der Waals surface area contributed by atoms with Crippen molar-refractivity contribution in [1.82, 2.24) is 4.98 Å². The van der Waals surface area contributed by atoms with Gasteiger partial charge in [-0.05, 0) is 31.2 Å². The smallest absolute Gasteiger partial charge is 0.214 e. The Kier molecular flexibility index (Phi) is 5.51. The minimum Gasteiger partial charge on any atom is -0.475 e. The number of rotatable bonds is 7. The van der Waals surface area contributed by atoms with Crippen molar-refractivity contribution in [1.29, 1.82) is 0 Å². The van der Waals surface area contributed by atoms with E-state index in [1.54, 1.807) is 11.0 Å². The van der Waals surface area contributed by atoms with Crippen molar-refractivity contribution in [2.45, 2.75) is 19.4 Å². The summed E-state index contributed by atoms with van der Waals surface area (Å²) in [6, 6.07) is 19.1. The van der Waals surface area contributed by atoms with E-state index in [4.69, 9.17) is 16.3 Å². The fourth-order valence-electron chi connectivity index (χ4n) is 2.61. The van der Waals surface area contributed by atoms with Crippen LogP contribution in [0, 0.1) is 0 Å². The number of aromatic nitrogens is 1. The molecule has 1 aromatic heterocycles. The van der Waals surface area contributed by atoms with Gasteiger partial charge in [-0.15, -0.1) is 0 Å². The lowest BCUT2D eigenvalue weighted by atomic mass is 10.2. The maximum absolute atomic E-state index is 11.4. The molecular weight excluding hydrogens is 336 g/mol. The molecule has 4 nitrogen and oxygen atoms in total. The molecule has 0 fully saturated rings. The largest absolute Gasteiger partial charge is 0.475 e. The van der Waals surface area contributed by atoms with Crippen molar-refractivity contribution in [2.24, 2.45) is 0 Å². The Bertz CT molecular complexity index is 869. The van der Waals surface area contributed by atoms with Gasteiger partial charge in [0, 0.05) is 24.4 Å². The van der Waals surface area contributed by atoms with Crippen molar-refractivity contribution in [2.75, 3.05) is 11.4 Å². The topological polar surface area (TPSA) is 42.4 Å². The molecule has 0 spiro atoms. The zero-order valence-corrected chi connectivity index (χ0v) is 14.7. The molecule has 5 heteroatoms. The summed E-state index contributed by atoms with van der Waals surface area (Å²) in [5.41, 5.74) is 1.60. The fraction of sp³-hybridized carbons (Fsp3) is 0.200. The van der Waals surface area contributed by atoms with Gasteiger partial charge in [0.2, 0.25) is 12.3 Å². The average Bonchev–Trinajstić information content (AvgIpc) is 2.63. The van der Waals surface area contributed by atoms with Crippen molar-refractivity contribution in [3.05, 3.63) is 65.7 Å². The highest BCUT2D eigenvalue weighted by molar-refractivity contribution is 6.33. The number of pyridine rings is 1. The Morgan fingerprint density at radius 2 is 1.88 bits per heavy atom. The summed E-state index contributed by atoms with van der Waals surface area (Å²) in [7, 11) is 0. The van der Waals surface area contributed by atoms with Gasteiger partial charge in [0.05, 0.1) is 22.3 Å². The van der Waals surface area contributed by atoms with E-state index >= 15 is 0 Å². The Morgan fingerprint density at radius 1 is 1.12 bits per heavy atom. The lowest BCUT2D eigenvalue weighted by molar-refractivity contribution is -0.107. The van der Waals surface area contributed by atoms with E-state index in [9.17, 15) is 4.79 Å². The van der Waals surface area contributed by atoms with Gasteiger partial charge in [0.1, 0.15) is 0 Å². The van der Waals surface area contributed by atoms with Crippen LogP contribution in [0.1, 0.15) is 13.3 Å². The Hall–Kier alpha value is -2.59.